The first-order chi connectivity index (χ1) is 14.7. The molecule has 1 spiro atoms. The van der Waals surface area contributed by atoms with E-state index < -0.39 is 11.5 Å². The van der Waals surface area contributed by atoms with Gasteiger partial charge in [-0.1, -0.05) is 24.3 Å². The van der Waals surface area contributed by atoms with E-state index in [0.717, 1.165) is 42.0 Å². The third-order valence-electron chi connectivity index (χ3n) is 6.99. The standard InChI is InChI=1S/C23H23N3O4/c27-21(24-12-14-7-8-19-20(10-14)30-13-29-19)17-11-15-4-3-9-26(15)23(17)16-5-1-2-6-18(16)25-22(23)28/h1-2,5-8,10,15,17H,3-4,9,11-13H2,(H,24,27)(H,25,28). The highest BCUT2D eigenvalue weighted by Gasteiger charge is 2.65. The van der Waals surface area contributed by atoms with Crippen LogP contribution in [-0.4, -0.2) is 36.1 Å². The summed E-state index contributed by atoms with van der Waals surface area (Å²) in [5.41, 5.74) is 1.79. The molecule has 6 rings (SSSR count). The zero-order valence-electron chi connectivity index (χ0n) is 16.5. The van der Waals surface area contributed by atoms with Crippen LogP contribution in [0.4, 0.5) is 5.69 Å². The van der Waals surface area contributed by atoms with E-state index in [1.54, 1.807) is 0 Å². The molecule has 4 heterocycles. The molecule has 2 amide bonds. The van der Waals surface area contributed by atoms with Crippen molar-refractivity contribution in [2.24, 2.45) is 5.92 Å². The normalized spacial score (nSPS) is 28.5. The van der Waals surface area contributed by atoms with Crippen molar-refractivity contribution in [2.45, 2.75) is 37.4 Å². The number of carbonyl (C=O) groups is 2. The Morgan fingerprint density at radius 3 is 3.00 bits per heavy atom. The summed E-state index contributed by atoms with van der Waals surface area (Å²) in [5.74, 6) is 0.856. The molecule has 2 fully saturated rings. The zero-order chi connectivity index (χ0) is 20.3. The molecule has 2 aromatic carbocycles. The van der Waals surface area contributed by atoms with Gasteiger partial charge in [-0.05, 0) is 49.6 Å². The van der Waals surface area contributed by atoms with E-state index in [-0.39, 0.29) is 24.6 Å². The lowest BCUT2D eigenvalue weighted by Gasteiger charge is -2.36. The van der Waals surface area contributed by atoms with Crippen molar-refractivity contribution in [3.8, 4) is 11.5 Å². The van der Waals surface area contributed by atoms with Crippen LogP contribution in [0.25, 0.3) is 0 Å². The first kappa shape index (κ1) is 17.8. The fraction of sp³-hybridized carbons (Fsp3) is 0.391. The van der Waals surface area contributed by atoms with E-state index in [2.05, 4.69) is 15.5 Å². The van der Waals surface area contributed by atoms with Crippen LogP contribution in [0.5, 0.6) is 11.5 Å². The van der Waals surface area contributed by atoms with Crippen LogP contribution in [0.2, 0.25) is 0 Å². The number of ether oxygens (including phenoxy) is 2. The van der Waals surface area contributed by atoms with Gasteiger partial charge in [0.15, 0.2) is 11.5 Å². The first-order valence-electron chi connectivity index (χ1n) is 10.5. The van der Waals surface area contributed by atoms with Crippen molar-refractivity contribution < 1.29 is 19.1 Å². The summed E-state index contributed by atoms with van der Waals surface area (Å²) >= 11 is 0. The van der Waals surface area contributed by atoms with E-state index in [1.165, 1.54) is 0 Å². The molecule has 0 aromatic heterocycles. The second-order valence-corrected chi connectivity index (χ2v) is 8.45. The summed E-state index contributed by atoms with van der Waals surface area (Å²) in [6, 6.07) is 13.7. The number of fused-ring (bicyclic) bond motifs is 5. The number of para-hydroxylation sites is 1. The highest BCUT2D eigenvalue weighted by Crippen LogP contribution is 2.55. The van der Waals surface area contributed by atoms with Crippen molar-refractivity contribution >= 4 is 17.5 Å². The number of anilines is 1. The second kappa shape index (κ2) is 6.47. The molecule has 7 nitrogen and oxygen atoms in total. The molecule has 3 unspecified atom stereocenters. The molecule has 0 saturated carbocycles. The van der Waals surface area contributed by atoms with Crippen LogP contribution in [0.15, 0.2) is 42.5 Å². The fourth-order valence-electron chi connectivity index (χ4n) is 5.74. The molecular formula is C23H23N3O4. The van der Waals surface area contributed by atoms with Crippen molar-refractivity contribution in [1.29, 1.82) is 0 Å². The van der Waals surface area contributed by atoms with Crippen LogP contribution in [-0.2, 0) is 21.7 Å². The van der Waals surface area contributed by atoms with Gasteiger partial charge in [-0.15, -0.1) is 0 Å². The Labute approximate surface area is 174 Å². The second-order valence-electron chi connectivity index (χ2n) is 8.45. The van der Waals surface area contributed by atoms with Crippen LogP contribution in [0.1, 0.15) is 30.4 Å². The number of benzene rings is 2. The Kier molecular flexibility index (Phi) is 3.83. The van der Waals surface area contributed by atoms with Gasteiger partial charge in [0.1, 0.15) is 5.54 Å². The minimum atomic E-state index is -0.906. The number of nitrogens with one attached hydrogen (secondary N) is 2. The maximum atomic E-state index is 13.4. The highest BCUT2D eigenvalue weighted by atomic mass is 16.7. The molecule has 0 aliphatic carbocycles. The quantitative estimate of drug-likeness (QED) is 0.820. The van der Waals surface area contributed by atoms with Gasteiger partial charge < -0.3 is 20.1 Å². The van der Waals surface area contributed by atoms with Gasteiger partial charge >= 0.3 is 0 Å². The minimum absolute atomic E-state index is 0.0728. The van der Waals surface area contributed by atoms with Gasteiger partial charge in [0, 0.05) is 23.8 Å². The van der Waals surface area contributed by atoms with Gasteiger partial charge in [-0.2, -0.15) is 0 Å². The number of rotatable bonds is 3. The third kappa shape index (κ3) is 2.35. The lowest BCUT2D eigenvalue weighted by molar-refractivity contribution is -0.137. The van der Waals surface area contributed by atoms with Crippen LogP contribution >= 0.6 is 0 Å². The molecule has 154 valence electrons. The van der Waals surface area contributed by atoms with Gasteiger partial charge in [0.2, 0.25) is 18.6 Å². The Morgan fingerprint density at radius 1 is 1.20 bits per heavy atom. The predicted octanol–water partition coefficient (Wildman–Crippen LogP) is 2.36. The van der Waals surface area contributed by atoms with Crippen LogP contribution in [0, 0.1) is 5.92 Å². The largest absolute Gasteiger partial charge is 0.454 e. The van der Waals surface area contributed by atoms with Crippen molar-refractivity contribution in [1.82, 2.24) is 10.2 Å². The Balaban J connectivity index is 1.30. The molecule has 2 aromatic rings. The summed E-state index contributed by atoms with van der Waals surface area (Å²) in [6.45, 7) is 1.45. The Hall–Kier alpha value is -3.06. The molecule has 3 atom stereocenters. The number of hydrogen-bond acceptors (Lipinski definition) is 5. The fourth-order valence-corrected chi connectivity index (χ4v) is 5.74. The summed E-state index contributed by atoms with van der Waals surface area (Å²) in [4.78, 5) is 29.1. The lowest BCUT2D eigenvalue weighted by atomic mass is 9.78. The van der Waals surface area contributed by atoms with Gasteiger partial charge in [0.05, 0.1) is 5.92 Å². The van der Waals surface area contributed by atoms with E-state index in [0.29, 0.717) is 18.7 Å². The lowest BCUT2D eigenvalue weighted by Crippen LogP contribution is -2.54. The zero-order valence-corrected chi connectivity index (χ0v) is 16.5. The molecular weight excluding hydrogens is 382 g/mol. The SMILES string of the molecule is O=C(NCc1ccc2c(c1)OCO2)C1CC2CCCN2C12C(=O)Nc1ccccc12. The summed E-state index contributed by atoms with van der Waals surface area (Å²) in [5, 5.41) is 6.12. The van der Waals surface area contributed by atoms with E-state index in [4.69, 9.17) is 9.47 Å². The van der Waals surface area contributed by atoms with Crippen molar-refractivity contribution in [3.05, 3.63) is 53.6 Å². The maximum absolute atomic E-state index is 13.4. The molecule has 0 radical (unpaired) electrons. The smallest absolute Gasteiger partial charge is 0.250 e. The van der Waals surface area contributed by atoms with Gasteiger partial charge in [0.25, 0.3) is 0 Å². The molecule has 4 aliphatic rings. The molecule has 30 heavy (non-hydrogen) atoms. The number of carbonyl (C=O) groups excluding carboxylic acids is 2. The highest BCUT2D eigenvalue weighted by molar-refractivity contribution is 6.09. The number of amides is 2. The number of nitrogens with zero attached hydrogens (tertiary/aromatic N) is 1. The summed E-state index contributed by atoms with van der Waals surface area (Å²) in [6.07, 6.45) is 2.80. The average molecular weight is 405 g/mol. The van der Waals surface area contributed by atoms with Gasteiger partial charge in [-0.3, -0.25) is 14.5 Å². The minimum Gasteiger partial charge on any atom is -0.454 e. The molecule has 7 heteroatoms. The Morgan fingerprint density at radius 2 is 2.07 bits per heavy atom. The number of hydrogen-bond donors (Lipinski definition) is 2. The summed E-state index contributed by atoms with van der Waals surface area (Å²) < 4.78 is 10.8. The molecule has 4 aliphatic heterocycles. The monoisotopic (exact) mass is 405 g/mol. The van der Waals surface area contributed by atoms with Gasteiger partial charge in [-0.25, -0.2) is 0 Å². The molecule has 0 bridgehead atoms. The topological polar surface area (TPSA) is 79.9 Å². The van der Waals surface area contributed by atoms with E-state index in [9.17, 15) is 9.59 Å². The summed E-state index contributed by atoms with van der Waals surface area (Å²) in [7, 11) is 0. The predicted molar refractivity (Wildman–Crippen MR) is 109 cm³/mol. The van der Waals surface area contributed by atoms with Crippen molar-refractivity contribution in [2.75, 3.05) is 18.7 Å². The molecule has 2 N–H and O–H groups in total. The maximum Gasteiger partial charge on any atom is 0.250 e. The van der Waals surface area contributed by atoms with E-state index in [1.807, 2.05) is 42.5 Å². The average Bonchev–Trinajstić information content (AvgIpc) is 3.51. The van der Waals surface area contributed by atoms with Crippen LogP contribution in [0.3, 0.4) is 0 Å². The third-order valence-corrected chi connectivity index (χ3v) is 6.99. The van der Waals surface area contributed by atoms with Crippen LogP contribution < -0.4 is 20.1 Å². The molecule has 2 saturated heterocycles. The van der Waals surface area contributed by atoms with E-state index >= 15 is 0 Å². The first-order valence-corrected chi connectivity index (χ1v) is 10.5. The Bertz CT molecular complexity index is 1050. The van der Waals surface area contributed by atoms with Crippen molar-refractivity contribution in [3.63, 3.8) is 0 Å².